The van der Waals surface area contributed by atoms with Crippen LogP contribution in [0.4, 0.5) is 4.39 Å². The van der Waals surface area contributed by atoms with Crippen LogP contribution in [0.15, 0.2) is 53.4 Å². The second kappa shape index (κ2) is 7.96. The number of benzene rings is 2. The minimum Gasteiger partial charge on any atom is -0.486 e. The fourth-order valence-electron chi connectivity index (χ4n) is 3.10. The van der Waals surface area contributed by atoms with E-state index in [1.54, 1.807) is 12.1 Å². The molecule has 28 heavy (non-hydrogen) atoms. The standard InChI is InChI=1S/C19H17FN2O5S/c1-26-19(23)16-10-14(27-17-8-4-3-7-15(17)20)12-22(16)28(24,25)18-9-5-2-6-13(18)11-21/h2-9,14,16H,10,12H2,1H3/t14-,16-/m0/s1. The monoisotopic (exact) mass is 404 g/mol. The molecule has 1 fully saturated rings. The van der Waals surface area contributed by atoms with Crippen LogP contribution < -0.4 is 4.74 Å². The lowest BCUT2D eigenvalue weighted by atomic mass is 10.2. The molecule has 2 aromatic rings. The summed E-state index contributed by atoms with van der Waals surface area (Å²) in [6.07, 6.45) is -0.764. The number of nitrogens with zero attached hydrogens (tertiary/aromatic N) is 2. The lowest BCUT2D eigenvalue weighted by Gasteiger charge is -2.22. The van der Waals surface area contributed by atoms with E-state index < -0.39 is 34.0 Å². The maximum atomic E-state index is 13.9. The highest BCUT2D eigenvalue weighted by Crippen LogP contribution is 2.31. The van der Waals surface area contributed by atoms with Gasteiger partial charge in [-0.3, -0.25) is 4.79 Å². The van der Waals surface area contributed by atoms with Crippen LogP contribution in [-0.4, -0.2) is 44.5 Å². The molecule has 0 aliphatic carbocycles. The van der Waals surface area contributed by atoms with Crippen LogP contribution in [0, 0.1) is 17.1 Å². The summed E-state index contributed by atoms with van der Waals surface area (Å²) in [7, 11) is -3.03. The van der Waals surface area contributed by atoms with E-state index in [-0.39, 0.29) is 29.2 Å². The van der Waals surface area contributed by atoms with Crippen molar-refractivity contribution in [3.8, 4) is 11.8 Å². The molecule has 7 nitrogen and oxygen atoms in total. The summed E-state index contributed by atoms with van der Waals surface area (Å²) in [5.41, 5.74) is -0.0374. The SMILES string of the molecule is COC(=O)[C@@H]1C[C@H](Oc2ccccc2F)CN1S(=O)(=O)c1ccccc1C#N. The van der Waals surface area contributed by atoms with Crippen LogP contribution >= 0.6 is 0 Å². The maximum absolute atomic E-state index is 13.9. The topological polar surface area (TPSA) is 96.7 Å². The predicted octanol–water partition coefficient (Wildman–Crippen LogP) is 2.08. The molecule has 0 radical (unpaired) electrons. The third kappa shape index (κ3) is 3.69. The van der Waals surface area contributed by atoms with Gasteiger partial charge in [0.05, 0.1) is 24.1 Å². The zero-order valence-corrected chi connectivity index (χ0v) is 15.7. The van der Waals surface area contributed by atoms with E-state index in [2.05, 4.69) is 0 Å². The van der Waals surface area contributed by atoms with Gasteiger partial charge >= 0.3 is 5.97 Å². The molecule has 9 heteroatoms. The molecule has 2 atom stereocenters. The number of hydrogen-bond donors (Lipinski definition) is 0. The number of sulfonamides is 1. The maximum Gasteiger partial charge on any atom is 0.324 e. The smallest absolute Gasteiger partial charge is 0.324 e. The van der Waals surface area contributed by atoms with Crippen LogP contribution in [0.5, 0.6) is 5.75 Å². The Hall–Kier alpha value is -2.96. The number of nitriles is 1. The fraction of sp³-hybridized carbons (Fsp3) is 0.263. The molecule has 1 aliphatic rings. The number of hydrogen-bond acceptors (Lipinski definition) is 6. The number of rotatable bonds is 5. The highest BCUT2D eigenvalue weighted by Gasteiger charge is 2.46. The van der Waals surface area contributed by atoms with Gasteiger partial charge in [-0.05, 0) is 24.3 Å². The molecule has 2 aromatic carbocycles. The van der Waals surface area contributed by atoms with Crippen LogP contribution in [0.1, 0.15) is 12.0 Å². The van der Waals surface area contributed by atoms with E-state index in [0.29, 0.717) is 0 Å². The lowest BCUT2D eigenvalue weighted by molar-refractivity contribution is -0.144. The Morgan fingerprint density at radius 2 is 1.89 bits per heavy atom. The summed E-state index contributed by atoms with van der Waals surface area (Å²) in [5, 5.41) is 9.23. The second-order valence-corrected chi connectivity index (χ2v) is 7.99. The summed E-state index contributed by atoms with van der Waals surface area (Å²) in [5.74, 6) is -1.38. The molecule has 0 aromatic heterocycles. The number of halogens is 1. The molecule has 1 aliphatic heterocycles. The van der Waals surface area contributed by atoms with Crippen molar-refractivity contribution in [3.63, 3.8) is 0 Å². The van der Waals surface area contributed by atoms with Crippen molar-refractivity contribution in [1.82, 2.24) is 4.31 Å². The summed E-state index contributed by atoms with van der Waals surface area (Å²) in [6, 6.07) is 12.1. The molecule has 1 heterocycles. The van der Waals surface area contributed by atoms with Gasteiger partial charge < -0.3 is 9.47 Å². The summed E-state index contributed by atoms with van der Waals surface area (Å²) < 4.78 is 51.4. The molecule has 0 saturated carbocycles. The lowest BCUT2D eigenvalue weighted by Crippen LogP contribution is -2.41. The van der Waals surface area contributed by atoms with Gasteiger partial charge in [0.2, 0.25) is 10.0 Å². The first kappa shape index (κ1) is 19.8. The van der Waals surface area contributed by atoms with Gasteiger partial charge in [0.1, 0.15) is 18.2 Å². The number of esters is 1. The van der Waals surface area contributed by atoms with Crippen molar-refractivity contribution in [3.05, 3.63) is 59.9 Å². The van der Waals surface area contributed by atoms with Gasteiger partial charge in [0.25, 0.3) is 0 Å². The van der Waals surface area contributed by atoms with Crippen LogP contribution in [0.2, 0.25) is 0 Å². The minimum absolute atomic E-state index is 0.00500. The molecule has 0 bridgehead atoms. The number of para-hydroxylation sites is 1. The van der Waals surface area contributed by atoms with Gasteiger partial charge in [-0.2, -0.15) is 9.57 Å². The van der Waals surface area contributed by atoms with Gasteiger partial charge in [-0.15, -0.1) is 0 Å². The predicted molar refractivity (Wildman–Crippen MR) is 96.3 cm³/mol. The van der Waals surface area contributed by atoms with Gasteiger partial charge in [0, 0.05) is 6.42 Å². The van der Waals surface area contributed by atoms with Gasteiger partial charge in [-0.25, -0.2) is 12.8 Å². The normalized spacial score (nSPS) is 19.8. The number of carbonyl (C=O) groups excluding carboxylic acids is 1. The molecule has 1 saturated heterocycles. The van der Waals surface area contributed by atoms with Gasteiger partial charge in [0.15, 0.2) is 11.6 Å². The van der Waals surface area contributed by atoms with Gasteiger partial charge in [-0.1, -0.05) is 24.3 Å². The van der Waals surface area contributed by atoms with Crippen molar-refractivity contribution in [1.29, 1.82) is 5.26 Å². The minimum atomic E-state index is -4.18. The zero-order valence-electron chi connectivity index (χ0n) is 14.9. The summed E-state index contributed by atoms with van der Waals surface area (Å²) >= 11 is 0. The highest BCUT2D eigenvalue weighted by molar-refractivity contribution is 7.89. The van der Waals surface area contributed by atoms with Crippen molar-refractivity contribution < 1.29 is 27.1 Å². The first-order valence-electron chi connectivity index (χ1n) is 8.38. The zero-order chi connectivity index (χ0) is 20.3. The average Bonchev–Trinajstić information content (AvgIpc) is 3.14. The highest BCUT2D eigenvalue weighted by atomic mass is 32.2. The summed E-state index contributed by atoms with van der Waals surface area (Å²) in [6.45, 7) is -0.184. The third-order valence-corrected chi connectivity index (χ3v) is 6.35. The van der Waals surface area contributed by atoms with Crippen molar-refractivity contribution in [2.45, 2.75) is 23.5 Å². The Labute approximate surface area is 162 Å². The average molecular weight is 404 g/mol. The summed E-state index contributed by atoms with van der Waals surface area (Å²) in [4.78, 5) is 12.0. The number of ether oxygens (including phenoxy) is 2. The number of carbonyl (C=O) groups is 1. The molecular weight excluding hydrogens is 387 g/mol. The van der Waals surface area contributed by atoms with Crippen molar-refractivity contribution in [2.75, 3.05) is 13.7 Å². The first-order chi connectivity index (χ1) is 13.4. The molecule has 3 rings (SSSR count). The van der Waals surface area contributed by atoms with E-state index >= 15 is 0 Å². The Kier molecular flexibility index (Phi) is 5.63. The molecule has 0 spiro atoms. The van der Waals surface area contributed by atoms with Crippen LogP contribution in [0.3, 0.4) is 0 Å². The van der Waals surface area contributed by atoms with Crippen LogP contribution in [-0.2, 0) is 19.6 Å². The largest absolute Gasteiger partial charge is 0.486 e. The second-order valence-electron chi connectivity index (χ2n) is 6.13. The Bertz CT molecular complexity index is 1030. The molecule has 0 N–H and O–H groups in total. The molecule has 0 unspecified atom stereocenters. The van der Waals surface area contributed by atoms with E-state index in [1.165, 1.54) is 36.4 Å². The first-order valence-corrected chi connectivity index (χ1v) is 9.82. The molecular formula is C19H17FN2O5S. The molecule has 0 amide bonds. The Morgan fingerprint density at radius 3 is 2.57 bits per heavy atom. The van der Waals surface area contributed by atoms with Crippen molar-refractivity contribution in [2.24, 2.45) is 0 Å². The van der Waals surface area contributed by atoms with E-state index in [4.69, 9.17) is 9.47 Å². The Balaban J connectivity index is 1.95. The van der Waals surface area contributed by atoms with Crippen molar-refractivity contribution >= 4 is 16.0 Å². The Morgan fingerprint density at radius 1 is 1.21 bits per heavy atom. The fourth-order valence-corrected chi connectivity index (χ4v) is 4.86. The third-order valence-electron chi connectivity index (χ3n) is 4.42. The van der Waals surface area contributed by atoms with E-state index in [1.807, 2.05) is 6.07 Å². The molecule has 146 valence electrons. The number of methoxy groups -OCH3 is 1. The van der Waals surface area contributed by atoms with E-state index in [0.717, 1.165) is 11.4 Å². The van der Waals surface area contributed by atoms with E-state index in [9.17, 15) is 22.9 Å². The van der Waals surface area contributed by atoms with Crippen LogP contribution in [0.25, 0.3) is 0 Å². The quantitative estimate of drug-likeness (QED) is 0.708.